The molecular weight excluding hydrogens is 284 g/mol. The highest BCUT2D eigenvalue weighted by Crippen LogP contribution is 2.28. The molecular formula is C17H12O5. The number of hydrogen-bond acceptors (Lipinski definition) is 5. The second-order valence-electron chi connectivity index (χ2n) is 4.68. The molecule has 0 unspecified atom stereocenters. The van der Waals surface area contributed by atoms with Gasteiger partial charge in [0.2, 0.25) is 0 Å². The van der Waals surface area contributed by atoms with Gasteiger partial charge < -0.3 is 14.3 Å². The van der Waals surface area contributed by atoms with Gasteiger partial charge in [-0.15, -0.1) is 0 Å². The van der Waals surface area contributed by atoms with E-state index in [0.717, 1.165) is 5.56 Å². The topological polar surface area (TPSA) is 76.7 Å². The summed E-state index contributed by atoms with van der Waals surface area (Å²) in [5.41, 5.74) is -0.143. The fourth-order valence-electron chi connectivity index (χ4n) is 2.32. The number of carbonyl (C=O) groups is 1. The quantitative estimate of drug-likeness (QED) is 0.736. The maximum absolute atomic E-state index is 12.3. The number of rotatable bonds is 2. The maximum atomic E-state index is 12.3. The molecule has 0 radical (unpaired) electrons. The van der Waals surface area contributed by atoms with Gasteiger partial charge in [-0.1, -0.05) is 36.4 Å². The number of carbonyl (C=O) groups excluding carboxylic acids is 1. The predicted molar refractivity (Wildman–Crippen MR) is 80.9 cm³/mol. The van der Waals surface area contributed by atoms with E-state index in [1.54, 1.807) is 12.1 Å². The van der Waals surface area contributed by atoms with E-state index in [9.17, 15) is 14.7 Å². The highest BCUT2D eigenvalue weighted by Gasteiger charge is 2.20. The van der Waals surface area contributed by atoms with Crippen molar-refractivity contribution in [2.24, 2.45) is 0 Å². The number of phenols is 1. The van der Waals surface area contributed by atoms with Crippen molar-refractivity contribution in [3.05, 3.63) is 64.5 Å². The Balaban J connectivity index is 2.32. The number of methoxy groups -OCH3 is 1. The van der Waals surface area contributed by atoms with Crippen molar-refractivity contribution in [1.82, 2.24) is 0 Å². The van der Waals surface area contributed by atoms with Crippen LogP contribution in [0.25, 0.3) is 22.1 Å². The molecule has 0 saturated carbocycles. The van der Waals surface area contributed by atoms with Crippen LogP contribution >= 0.6 is 0 Å². The standard InChI is InChI=1S/C17H12O5/c1-21-16(19)15-12(18)8-7-11-9-13(22-17(20)14(11)15)10-5-3-2-4-6-10/h2-9,18H,1H3. The summed E-state index contributed by atoms with van der Waals surface area (Å²) in [6, 6.07) is 13.7. The zero-order valence-electron chi connectivity index (χ0n) is 11.7. The molecule has 0 aliphatic heterocycles. The van der Waals surface area contributed by atoms with Gasteiger partial charge in [0.1, 0.15) is 17.1 Å². The molecule has 5 heteroatoms. The van der Waals surface area contributed by atoms with Gasteiger partial charge in [0.15, 0.2) is 0 Å². The van der Waals surface area contributed by atoms with Gasteiger partial charge in [0.05, 0.1) is 12.5 Å². The summed E-state index contributed by atoms with van der Waals surface area (Å²) >= 11 is 0. The van der Waals surface area contributed by atoms with Gasteiger partial charge in [0, 0.05) is 5.56 Å². The third-order valence-corrected chi connectivity index (χ3v) is 3.36. The largest absolute Gasteiger partial charge is 0.507 e. The van der Waals surface area contributed by atoms with Gasteiger partial charge in [-0.2, -0.15) is 0 Å². The highest BCUT2D eigenvalue weighted by atomic mass is 16.5. The van der Waals surface area contributed by atoms with Crippen LogP contribution in [0.1, 0.15) is 10.4 Å². The van der Waals surface area contributed by atoms with Crippen LogP contribution in [0.15, 0.2) is 57.7 Å². The molecule has 5 nitrogen and oxygen atoms in total. The summed E-state index contributed by atoms with van der Waals surface area (Å²) in [6.45, 7) is 0. The average Bonchev–Trinajstić information content (AvgIpc) is 2.55. The first kappa shape index (κ1) is 13.9. The summed E-state index contributed by atoms with van der Waals surface area (Å²) in [7, 11) is 1.18. The van der Waals surface area contributed by atoms with Crippen LogP contribution in [0.3, 0.4) is 0 Å². The second kappa shape index (κ2) is 5.37. The summed E-state index contributed by atoms with van der Waals surface area (Å²) < 4.78 is 9.91. The first-order valence-corrected chi connectivity index (χ1v) is 6.55. The van der Waals surface area contributed by atoms with E-state index in [1.807, 2.05) is 30.3 Å². The van der Waals surface area contributed by atoms with Gasteiger partial charge in [-0.25, -0.2) is 9.59 Å². The van der Waals surface area contributed by atoms with E-state index in [2.05, 4.69) is 4.74 Å². The Morgan fingerprint density at radius 2 is 1.86 bits per heavy atom. The minimum atomic E-state index is -0.789. The average molecular weight is 296 g/mol. The SMILES string of the molecule is COC(=O)c1c(O)ccc2cc(-c3ccccc3)oc(=O)c12. The van der Waals surface area contributed by atoms with Gasteiger partial charge >= 0.3 is 11.6 Å². The third kappa shape index (κ3) is 2.22. The summed E-state index contributed by atoms with van der Waals surface area (Å²) in [4.78, 5) is 24.1. The van der Waals surface area contributed by atoms with Crippen molar-refractivity contribution in [2.75, 3.05) is 7.11 Å². The molecule has 1 N–H and O–H groups in total. The summed E-state index contributed by atoms with van der Waals surface area (Å²) in [5, 5.41) is 10.3. The zero-order valence-corrected chi connectivity index (χ0v) is 11.7. The van der Waals surface area contributed by atoms with Crippen molar-refractivity contribution in [1.29, 1.82) is 0 Å². The number of ether oxygens (including phenoxy) is 1. The molecule has 1 heterocycles. The first-order chi connectivity index (χ1) is 10.6. The molecule has 2 aromatic carbocycles. The first-order valence-electron chi connectivity index (χ1n) is 6.55. The minimum absolute atomic E-state index is 0.00605. The zero-order chi connectivity index (χ0) is 15.7. The van der Waals surface area contributed by atoms with Crippen molar-refractivity contribution in [2.45, 2.75) is 0 Å². The maximum Gasteiger partial charge on any atom is 0.345 e. The smallest absolute Gasteiger partial charge is 0.345 e. The Bertz CT molecular complexity index is 909. The Morgan fingerprint density at radius 3 is 2.55 bits per heavy atom. The number of aromatic hydroxyl groups is 1. The number of phenolic OH excluding ortho intramolecular Hbond substituents is 1. The Labute approximate surface area is 125 Å². The van der Waals surface area contributed by atoms with Gasteiger partial charge in [-0.3, -0.25) is 0 Å². The Kier molecular flexibility index (Phi) is 3.39. The van der Waals surface area contributed by atoms with Gasteiger partial charge in [0.25, 0.3) is 0 Å². The molecule has 0 aliphatic rings. The minimum Gasteiger partial charge on any atom is -0.507 e. The van der Waals surface area contributed by atoms with E-state index in [1.165, 1.54) is 13.2 Å². The van der Waals surface area contributed by atoms with Gasteiger partial charge in [-0.05, 0) is 17.5 Å². The number of fused-ring (bicyclic) bond motifs is 1. The predicted octanol–water partition coefficient (Wildman–Crippen LogP) is 2.95. The molecule has 0 aliphatic carbocycles. The fourth-order valence-corrected chi connectivity index (χ4v) is 2.32. The van der Waals surface area contributed by atoms with E-state index < -0.39 is 11.6 Å². The molecule has 0 bridgehead atoms. The molecule has 3 aromatic rings. The molecule has 110 valence electrons. The number of hydrogen-bond donors (Lipinski definition) is 1. The van der Waals surface area contributed by atoms with Crippen molar-refractivity contribution in [3.63, 3.8) is 0 Å². The second-order valence-corrected chi connectivity index (χ2v) is 4.68. The van der Waals surface area contributed by atoms with Crippen LogP contribution in [0.5, 0.6) is 5.75 Å². The monoisotopic (exact) mass is 296 g/mol. The molecule has 0 spiro atoms. The lowest BCUT2D eigenvalue weighted by molar-refractivity contribution is 0.0599. The Morgan fingerprint density at radius 1 is 1.14 bits per heavy atom. The van der Waals surface area contributed by atoms with Crippen molar-refractivity contribution >= 4 is 16.7 Å². The lowest BCUT2D eigenvalue weighted by Gasteiger charge is -2.07. The van der Waals surface area contributed by atoms with Crippen LogP contribution in [0.4, 0.5) is 0 Å². The van der Waals surface area contributed by atoms with Crippen LogP contribution in [0, 0.1) is 0 Å². The molecule has 0 fully saturated rings. The van der Waals surface area contributed by atoms with E-state index in [-0.39, 0.29) is 16.7 Å². The van der Waals surface area contributed by atoms with Crippen molar-refractivity contribution in [3.8, 4) is 17.1 Å². The summed E-state index contributed by atoms with van der Waals surface area (Å²) in [5.74, 6) is -0.721. The Hall–Kier alpha value is -3.08. The van der Waals surface area contributed by atoms with Crippen LogP contribution in [-0.4, -0.2) is 18.2 Å². The lowest BCUT2D eigenvalue weighted by atomic mass is 10.0. The van der Waals surface area contributed by atoms with E-state index >= 15 is 0 Å². The van der Waals surface area contributed by atoms with Crippen molar-refractivity contribution < 1.29 is 19.1 Å². The molecule has 0 amide bonds. The summed E-state index contributed by atoms with van der Waals surface area (Å²) in [6.07, 6.45) is 0. The normalized spacial score (nSPS) is 10.6. The molecule has 0 atom stereocenters. The fraction of sp³-hybridized carbons (Fsp3) is 0.0588. The molecule has 1 aromatic heterocycles. The molecule has 0 saturated heterocycles. The highest BCUT2D eigenvalue weighted by molar-refractivity contribution is 6.06. The van der Waals surface area contributed by atoms with E-state index in [4.69, 9.17) is 4.42 Å². The molecule has 22 heavy (non-hydrogen) atoms. The van der Waals surface area contributed by atoms with Crippen LogP contribution in [-0.2, 0) is 4.74 Å². The lowest BCUT2D eigenvalue weighted by Crippen LogP contribution is -2.10. The number of esters is 1. The van der Waals surface area contributed by atoms with Crippen LogP contribution < -0.4 is 5.63 Å². The van der Waals surface area contributed by atoms with E-state index in [0.29, 0.717) is 11.1 Å². The molecule has 3 rings (SSSR count). The number of benzene rings is 2. The van der Waals surface area contributed by atoms with Crippen LogP contribution in [0.2, 0.25) is 0 Å². The third-order valence-electron chi connectivity index (χ3n) is 3.36.